The Morgan fingerprint density at radius 3 is 2.56 bits per heavy atom. The van der Waals surface area contributed by atoms with E-state index in [4.69, 9.17) is 4.74 Å². The maximum absolute atomic E-state index is 12.6. The first-order valence-electron chi connectivity index (χ1n) is 9.01. The minimum atomic E-state index is -0.415. The number of esters is 2. The molecule has 5 nitrogen and oxygen atoms in total. The summed E-state index contributed by atoms with van der Waals surface area (Å²) in [6, 6.07) is 9.93. The fraction of sp³-hybridized carbons (Fsp3) is 0.364. The third kappa shape index (κ3) is 3.82. The highest BCUT2D eigenvalue weighted by molar-refractivity contribution is 5.83. The molecule has 1 aliphatic carbocycles. The number of allylic oxidation sites excluding steroid dienone is 1. The van der Waals surface area contributed by atoms with Crippen LogP contribution in [-0.2, 0) is 25.7 Å². The lowest BCUT2D eigenvalue weighted by Gasteiger charge is -2.13. The Hall–Kier alpha value is -2.82. The summed E-state index contributed by atoms with van der Waals surface area (Å²) < 4.78 is 12.3. The van der Waals surface area contributed by atoms with E-state index in [-0.39, 0.29) is 29.8 Å². The van der Waals surface area contributed by atoms with Gasteiger partial charge in [-0.1, -0.05) is 32.1 Å². The second-order valence-electron chi connectivity index (χ2n) is 7.47. The van der Waals surface area contributed by atoms with Crippen molar-refractivity contribution in [1.29, 1.82) is 0 Å². The van der Waals surface area contributed by atoms with Crippen LogP contribution >= 0.6 is 0 Å². The smallest absolute Gasteiger partial charge is 0.330 e. The van der Waals surface area contributed by atoms with Gasteiger partial charge in [0.1, 0.15) is 6.61 Å². The van der Waals surface area contributed by atoms with Crippen LogP contribution in [0.5, 0.6) is 0 Å². The van der Waals surface area contributed by atoms with Crippen molar-refractivity contribution in [2.24, 2.45) is 17.3 Å². The van der Waals surface area contributed by atoms with Crippen molar-refractivity contribution < 1.29 is 19.1 Å². The first-order valence-corrected chi connectivity index (χ1v) is 9.01. The lowest BCUT2D eigenvalue weighted by molar-refractivity contribution is -0.147. The van der Waals surface area contributed by atoms with E-state index in [0.717, 1.165) is 16.8 Å². The van der Waals surface area contributed by atoms with Crippen LogP contribution in [0.1, 0.15) is 25.0 Å². The molecule has 0 unspecified atom stereocenters. The van der Waals surface area contributed by atoms with Gasteiger partial charge in [-0.05, 0) is 47.6 Å². The quantitative estimate of drug-likeness (QED) is 0.575. The molecule has 3 rings (SSSR count). The predicted octanol–water partition coefficient (Wildman–Crippen LogP) is 3.83. The molecule has 0 N–H and O–H groups in total. The number of nitrogens with zero attached hydrogens (tertiary/aromatic N) is 1. The average Bonchev–Trinajstić information content (AvgIpc) is 3.00. The van der Waals surface area contributed by atoms with E-state index < -0.39 is 5.97 Å². The number of methoxy groups -OCH3 is 1. The maximum atomic E-state index is 12.6. The number of rotatable bonds is 6. The summed E-state index contributed by atoms with van der Waals surface area (Å²) in [5, 5.41) is 0. The van der Waals surface area contributed by atoms with Crippen molar-refractivity contribution in [3.05, 3.63) is 66.0 Å². The van der Waals surface area contributed by atoms with E-state index in [0.29, 0.717) is 0 Å². The number of carbonyl (C=O) groups is 2. The molecule has 0 amide bonds. The Balaban J connectivity index is 1.66. The highest BCUT2D eigenvalue weighted by Gasteiger charge is 2.61. The summed E-state index contributed by atoms with van der Waals surface area (Å²) in [5.74, 6) is -0.907. The van der Waals surface area contributed by atoms with Gasteiger partial charge in [-0.3, -0.25) is 4.79 Å². The molecule has 5 heteroatoms. The van der Waals surface area contributed by atoms with Crippen LogP contribution in [0.3, 0.4) is 0 Å². The fourth-order valence-electron chi connectivity index (χ4n) is 3.58. The summed E-state index contributed by atoms with van der Waals surface area (Å²) in [7, 11) is 1.33. The van der Waals surface area contributed by atoms with Gasteiger partial charge in [-0.2, -0.15) is 0 Å². The zero-order valence-electron chi connectivity index (χ0n) is 16.1. The standard InChI is InChI=1S/C22H25NO4/c1-15-16(8-7-9-18(15)23-12-5-6-13-23)14-27-21(25)20-17(22(20,2)3)10-11-19(24)26-4/h5-13,17,20H,14H2,1-4H3/t17-,20-/m0/s1. The predicted molar refractivity (Wildman–Crippen MR) is 102 cm³/mol. The van der Waals surface area contributed by atoms with Gasteiger partial charge < -0.3 is 14.0 Å². The highest BCUT2D eigenvalue weighted by atomic mass is 16.5. The monoisotopic (exact) mass is 367 g/mol. The number of hydrogen-bond acceptors (Lipinski definition) is 4. The molecule has 1 heterocycles. The van der Waals surface area contributed by atoms with E-state index in [2.05, 4.69) is 4.74 Å². The molecule has 0 aliphatic heterocycles. The lowest BCUT2D eigenvalue weighted by atomic mass is 10.1. The molecule has 1 saturated carbocycles. The van der Waals surface area contributed by atoms with Crippen LogP contribution in [0.2, 0.25) is 0 Å². The van der Waals surface area contributed by atoms with Gasteiger partial charge in [0.25, 0.3) is 0 Å². The normalized spacial score (nSPS) is 20.4. The zero-order valence-corrected chi connectivity index (χ0v) is 16.1. The third-order valence-electron chi connectivity index (χ3n) is 5.48. The molecule has 0 radical (unpaired) electrons. The van der Waals surface area contributed by atoms with Gasteiger partial charge in [-0.25, -0.2) is 4.79 Å². The topological polar surface area (TPSA) is 57.5 Å². The molecule has 142 valence electrons. The first-order chi connectivity index (χ1) is 12.9. The van der Waals surface area contributed by atoms with E-state index in [1.165, 1.54) is 13.2 Å². The molecule has 0 bridgehead atoms. The SMILES string of the molecule is COC(=O)C=C[C@H]1[C@@H](C(=O)OCc2cccc(-n3cccc3)c2C)C1(C)C. The van der Waals surface area contributed by atoms with Crippen LogP contribution in [-0.4, -0.2) is 23.6 Å². The van der Waals surface area contributed by atoms with Gasteiger partial charge in [0.05, 0.1) is 13.0 Å². The summed E-state index contributed by atoms with van der Waals surface area (Å²) in [4.78, 5) is 23.8. The second-order valence-corrected chi connectivity index (χ2v) is 7.47. The number of hydrogen-bond donors (Lipinski definition) is 0. The largest absolute Gasteiger partial charge is 0.466 e. The molecule has 1 aliphatic rings. The Labute approximate surface area is 159 Å². The molecule has 1 aromatic heterocycles. The molecule has 0 spiro atoms. The average molecular weight is 367 g/mol. The van der Waals surface area contributed by atoms with E-state index in [1.54, 1.807) is 6.08 Å². The lowest BCUT2D eigenvalue weighted by Crippen LogP contribution is -2.11. The van der Waals surface area contributed by atoms with Crippen LogP contribution in [0.15, 0.2) is 54.9 Å². The molecule has 1 fully saturated rings. The van der Waals surface area contributed by atoms with Crippen molar-refractivity contribution >= 4 is 11.9 Å². The summed E-state index contributed by atoms with van der Waals surface area (Å²) in [5.41, 5.74) is 2.91. The van der Waals surface area contributed by atoms with Crippen molar-refractivity contribution in [2.75, 3.05) is 7.11 Å². The van der Waals surface area contributed by atoms with Crippen molar-refractivity contribution in [3.8, 4) is 5.69 Å². The van der Waals surface area contributed by atoms with Gasteiger partial charge in [0.15, 0.2) is 0 Å². The molecule has 27 heavy (non-hydrogen) atoms. The third-order valence-corrected chi connectivity index (χ3v) is 5.48. The Morgan fingerprint density at radius 2 is 1.89 bits per heavy atom. The van der Waals surface area contributed by atoms with Gasteiger partial charge in [-0.15, -0.1) is 0 Å². The van der Waals surface area contributed by atoms with Crippen LogP contribution in [0.4, 0.5) is 0 Å². The Morgan fingerprint density at radius 1 is 1.19 bits per heavy atom. The summed E-state index contributed by atoms with van der Waals surface area (Å²) in [6.07, 6.45) is 7.10. The molecule has 1 aromatic carbocycles. The van der Waals surface area contributed by atoms with E-state index in [1.807, 2.05) is 68.1 Å². The minimum Gasteiger partial charge on any atom is -0.466 e. The minimum absolute atomic E-state index is 0.0172. The Kier molecular flexibility index (Phi) is 5.22. The molecular weight excluding hydrogens is 342 g/mol. The van der Waals surface area contributed by atoms with Gasteiger partial charge in [0, 0.05) is 24.2 Å². The summed E-state index contributed by atoms with van der Waals surface area (Å²) >= 11 is 0. The first kappa shape index (κ1) is 19.0. The second kappa shape index (κ2) is 7.43. The molecule has 2 atom stereocenters. The maximum Gasteiger partial charge on any atom is 0.330 e. The number of aromatic nitrogens is 1. The number of carbonyl (C=O) groups excluding carboxylic acids is 2. The number of benzene rings is 1. The van der Waals surface area contributed by atoms with Crippen LogP contribution in [0, 0.1) is 24.2 Å². The molecule has 2 aromatic rings. The van der Waals surface area contributed by atoms with Gasteiger partial charge >= 0.3 is 11.9 Å². The Bertz CT molecular complexity index is 864. The van der Waals surface area contributed by atoms with Crippen LogP contribution in [0.25, 0.3) is 5.69 Å². The number of ether oxygens (including phenoxy) is 2. The summed E-state index contributed by atoms with van der Waals surface area (Å²) in [6.45, 7) is 6.27. The molecular formula is C22H25NO4. The van der Waals surface area contributed by atoms with Gasteiger partial charge in [0.2, 0.25) is 0 Å². The van der Waals surface area contributed by atoms with E-state index >= 15 is 0 Å². The molecule has 0 saturated heterocycles. The zero-order chi connectivity index (χ0) is 19.6. The van der Waals surface area contributed by atoms with E-state index in [9.17, 15) is 9.59 Å². The highest BCUT2D eigenvalue weighted by Crippen LogP contribution is 2.59. The fourth-order valence-corrected chi connectivity index (χ4v) is 3.58. The van der Waals surface area contributed by atoms with Crippen molar-refractivity contribution in [1.82, 2.24) is 4.57 Å². The van der Waals surface area contributed by atoms with Crippen molar-refractivity contribution in [3.63, 3.8) is 0 Å². The van der Waals surface area contributed by atoms with Crippen molar-refractivity contribution in [2.45, 2.75) is 27.4 Å². The van der Waals surface area contributed by atoms with Crippen LogP contribution < -0.4 is 0 Å².